The first kappa shape index (κ1) is 11.7. The third kappa shape index (κ3) is 2.67. The minimum absolute atomic E-state index is 0.0656. The Bertz CT molecular complexity index is 430. The van der Waals surface area contributed by atoms with Crippen LogP contribution >= 0.6 is 0 Å². The van der Waals surface area contributed by atoms with Crippen LogP contribution in [0.4, 0.5) is 11.4 Å². The summed E-state index contributed by atoms with van der Waals surface area (Å²) in [4.78, 5) is 10.4. The number of aromatic hydroxyl groups is 1. The molecule has 2 rings (SSSR count). The molecule has 0 radical (unpaired) electrons. The van der Waals surface area contributed by atoms with Crippen LogP contribution in [-0.2, 0) is 0 Å². The van der Waals surface area contributed by atoms with Crippen molar-refractivity contribution in [1.82, 2.24) is 0 Å². The Hall–Kier alpha value is -1.78. The standard InChI is InChI=1S/C12H16N2O3/c1-2-10(8-3-4-8)13-11-6-5-9(15)7-12(11)14(16)17/h5-8,10,13,15H,2-4H2,1H3. The van der Waals surface area contributed by atoms with Gasteiger partial charge in [0.1, 0.15) is 11.4 Å². The summed E-state index contributed by atoms with van der Waals surface area (Å²) >= 11 is 0. The summed E-state index contributed by atoms with van der Waals surface area (Å²) in [5.74, 6) is 0.551. The van der Waals surface area contributed by atoms with Crippen LogP contribution in [-0.4, -0.2) is 16.1 Å². The van der Waals surface area contributed by atoms with E-state index in [9.17, 15) is 15.2 Å². The first-order valence-corrected chi connectivity index (χ1v) is 5.85. The monoisotopic (exact) mass is 236 g/mol. The Kier molecular flexibility index (Phi) is 3.17. The molecule has 1 unspecified atom stereocenters. The van der Waals surface area contributed by atoms with E-state index in [1.807, 2.05) is 0 Å². The fourth-order valence-electron chi connectivity index (χ4n) is 2.04. The highest BCUT2D eigenvalue weighted by Gasteiger charge is 2.31. The molecule has 0 amide bonds. The molecule has 92 valence electrons. The highest BCUT2D eigenvalue weighted by Crippen LogP contribution is 2.37. The Balaban J connectivity index is 2.21. The van der Waals surface area contributed by atoms with E-state index in [1.165, 1.54) is 25.0 Å². The van der Waals surface area contributed by atoms with Crippen molar-refractivity contribution in [2.45, 2.75) is 32.2 Å². The number of anilines is 1. The van der Waals surface area contributed by atoms with Crippen LogP contribution in [0.5, 0.6) is 5.75 Å². The number of benzene rings is 1. The van der Waals surface area contributed by atoms with Gasteiger partial charge >= 0.3 is 0 Å². The van der Waals surface area contributed by atoms with Crippen molar-refractivity contribution in [2.24, 2.45) is 5.92 Å². The second kappa shape index (κ2) is 4.61. The third-order valence-electron chi connectivity index (χ3n) is 3.15. The molecule has 1 atom stereocenters. The number of phenolic OH excluding ortho intramolecular Hbond substituents is 1. The van der Waals surface area contributed by atoms with Gasteiger partial charge in [0, 0.05) is 6.04 Å². The van der Waals surface area contributed by atoms with Crippen LogP contribution in [0.15, 0.2) is 18.2 Å². The van der Waals surface area contributed by atoms with Crippen molar-refractivity contribution >= 4 is 11.4 Å². The number of nitrogens with one attached hydrogen (secondary N) is 1. The van der Waals surface area contributed by atoms with Crippen LogP contribution in [0.3, 0.4) is 0 Å². The highest BCUT2D eigenvalue weighted by atomic mass is 16.6. The maximum atomic E-state index is 10.9. The van der Waals surface area contributed by atoms with E-state index in [0.29, 0.717) is 17.6 Å². The molecule has 1 fully saturated rings. The van der Waals surface area contributed by atoms with Gasteiger partial charge in [-0.2, -0.15) is 0 Å². The largest absolute Gasteiger partial charge is 0.508 e. The second-order valence-corrected chi connectivity index (χ2v) is 4.46. The molecule has 0 heterocycles. The molecule has 17 heavy (non-hydrogen) atoms. The SMILES string of the molecule is CCC(Nc1ccc(O)cc1[N+](=O)[O-])C1CC1. The van der Waals surface area contributed by atoms with Gasteiger partial charge in [-0.15, -0.1) is 0 Å². The third-order valence-corrected chi connectivity index (χ3v) is 3.15. The Morgan fingerprint density at radius 2 is 2.29 bits per heavy atom. The normalized spacial score (nSPS) is 16.5. The Morgan fingerprint density at radius 3 is 2.82 bits per heavy atom. The molecular weight excluding hydrogens is 220 g/mol. The van der Waals surface area contributed by atoms with Gasteiger partial charge in [-0.05, 0) is 37.3 Å². The number of hydrogen-bond donors (Lipinski definition) is 2. The summed E-state index contributed by atoms with van der Waals surface area (Å²) in [7, 11) is 0. The van der Waals surface area contributed by atoms with Crippen LogP contribution in [0, 0.1) is 16.0 Å². The lowest BCUT2D eigenvalue weighted by Gasteiger charge is -2.17. The van der Waals surface area contributed by atoms with E-state index in [4.69, 9.17) is 0 Å². The zero-order valence-electron chi connectivity index (χ0n) is 9.72. The van der Waals surface area contributed by atoms with Crippen molar-refractivity contribution in [3.63, 3.8) is 0 Å². The molecule has 1 aromatic rings. The molecule has 1 aliphatic carbocycles. The first-order chi connectivity index (χ1) is 8.11. The van der Waals surface area contributed by atoms with Crippen LogP contribution in [0.2, 0.25) is 0 Å². The number of hydrogen-bond acceptors (Lipinski definition) is 4. The summed E-state index contributed by atoms with van der Waals surface area (Å²) in [5.41, 5.74) is 0.427. The molecule has 0 spiro atoms. The fraction of sp³-hybridized carbons (Fsp3) is 0.500. The maximum Gasteiger partial charge on any atom is 0.296 e. The number of nitro benzene ring substituents is 1. The molecule has 5 heteroatoms. The summed E-state index contributed by atoms with van der Waals surface area (Å²) in [5, 5.41) is 23.4. The summed E-state index contributed by atoms with van der Waals surface area (Å²) < 4.78 is 0. The minimum atomic E-state index is -0.471. The van der Waals surface area contributed by atoms with E-state index in [0.717, 1.165) is 6.42 Å². The van der Waals surface area contributed by atoms with E-state index < -0.39 is 4.92 Å². The fourth-order valence-corrected chi connectivity index (χ4v) is 2.04. The van der Waals surface area contributed by atoms with Crippen LogP contribution in [0.1, 0.15) is 26.2 Å². The van der Waals surface area contributed by atoms with Gasteiger partial charge in [-0.3, -0.25) is 10.1 Å². The van der Waals surface area contributed by atoms with Crippen LogP contribution in [0.25, 0.3) is 0 Å². The lowest BCUT2D eigenvalue weighted by molar-refractivity contribution is -0.384. The van der Waals surface area contributed by atoms with Gasteiger partial charge in [0.05, 0.1) is 11.0 Å². The quantitative estimate of drug-likeness (QED) is 0.468. The number of nitro groups is 1. The molecule has 5 nitrogen and oxygen atoms in total. The summed E-state index contributed by atoms with van der Waals surface area (Å²) in [6.07, 6.45) is 3.33. The van der Waals surface area contributed by atoms with Gasteiger partial charge in [0.25, 0.3) is 5.69 Å². The topological polar surface area (TPSA) is 75.4 Å². The van der Waals surface area contributed by atoms with E-state index in [-0.39, 0.29) is 11.4 Å². The molecule has 0 aliphatic heterocycles. The van der Waals surface area contributed by atoms with Gasteiger partial charge in [0.15, 0.2) is 0 Å². The molecule has 1 saturated carbocycles. The molecule has 0 saturated heterocycles. The van der Waals surface area contributed by atoms with E-state index >= 15 is 0 Å². The van der Waals surface area contributed by atoms with Gasteiger partial charge in [-0.25, -0.2) is 0 Å². The molecule has 1 aliphatic rings. The van der Waals surface area contributed by atoms with E-state index in [2.05, 4.69) is 12.2 Å². The average Bonchev–Trinajstić information content (AvgIpc) is 3.11. The number of nitrogens with zero attached hydrogens (tertiary/aromatic N) is 1. The molecule has 1 aromatic carbocycles. The summed E-state index contributed by atoms with van der Waals surface area (Å²) in [6, 6.07) is 4.51. The molecular formula is C12H16N2O3. The minimum Gasteiger partial charge on any atom is -0.508 e. The van der Waals surface area contributed by atoms with E-state index in [1.54, 1.807) is 6.07 Å². The number of rotatable bonds is 5. The molecule has 2 N–H and O–H groups in total. The zero-order chi connectivity index (χ0) is 12.4. The zero-order valence-corrected chi connectivity index (χ0v) is 9.72. The van der Waals surface area contributed by atoms with Crippen LogP contribution < -0.4 is 5.32 Å². The average molecular weight is 236 g/mol. The highest BCUT2D eigenvalue weighted by molar-refractivity contribution is 5.64. The number of phenols is 1. The molecule has 0 bridgehead atoms. The predicted molar refractivity (Wildman–Crippen MR) is 65.2 cm³/mol. The van der Waals surface area contributed by atoms with Crippen molar-refractivity contribution in [3.8, 4) is 5.75 Å². The van der Waals surface area contributed by atoms with Gasteiger partial charge in [-0.1, -0.05) is 6.92 Å². The second-order valence-electron chi connectivity index (χ2n) is 4.46. The first-order valence-electron chi connectivity index (χ1n) is 5.85. The lowest BCUT2D eigenvalue weighted by atomic mass is 10.1. The smallest absolute Gasteiger partial charge is 0.296 e. The van der Waals surface area contributed by atoms with Crippen molar-refractivity contribution in [1.29, 1.82) is 0 Å². The Morgan fingerprint density at radius 1 is 1.59 bits per heavy atom. The predicted octanol–water partition coefficient (Wildman–Crippen LogP) is 2.90. The van der Waals surface area contributed by atoms with Crippen molar-refractivity contribution in [3.05, 3.63) is 28.3 Å². The Labute approximate surface area is 99.6 Å². The summed E-state index contributed by atoms with van der Waals surface area (Å²) in [6.45, 7) is 2.07. The maximum absolute atomic E-state index is 10.9. The van der Waals surface area contributed by atoms with Gasteiger partial charge < -0.3 is 10.4 Å². The van der Waals surface area contributed by atoms with Gasteiger partial charge in [0.2, 0.25) is 0 Å². The molecule has 0 aromatic heterocycles. The van der Waals surface area contributed by atoms with Crippen molar-refractivity contribution < 1.29 is 10.0 Å². The van der Waals surface area contributed by atoms with Crippen molar-refractivity contribution in [2.75, 3.05) is 5.32 Å². The lowest BCUT2D eigenvalue weighted by Crippen LogP contribution is -2.21.